The maximum absolute atomic E-state index is 12.2. The van der Waals surface area contributed by atoms with Crippen LogP contribution in [0.1, 0.15) is 5.56 Å². The molecule has 0 saturated carbocycles. The van der Waals surface area contributed by atoms with Gasteiger partial charge >= 0.3 is 0 Å². The number of imidazole rings is 1. The fourth-order valence-electron chi connectivity index (χ4n) is 2.75. The second kappa shape index (κ2) is 8.05. The number of fused-ring (bicyclic) bond motifs is 1. The van der Waals surface area contributed by atoms with E-state index in [1.807, 2.05) is 66.7 Å². The van der Waals surface area contributed by atoms with Gasteiger partial charge in [-0.25, -0.2) is 9.97 Å². The number of hydrogen-bond acceptors (Lipinski definition) is 4. The van der Waals surface area contributed by atoms with E-state index in [9.17, 15) is 4.79 Å². The minimum atomic E-state index is -0.0231. The Hall–Kier alpha value is -3.12. The zero-order valence-electron chi connectivity index (χ0n) is 14.6. The number of nitrogens with one attached hydrogen (secondary N) is 2. The molecule has 4 aromatic rings. The van der Waals surface area contributed by atoms with E-state index in [1.54, 1.807) is 6.20 Å². The van der Waals surface area contributed by atoms with Crippen LogP contribution in [-0.4, -0.2) is 26.6 Å². The molecule has 0 aliphatic carbocycles. The number of aromatic nitrogens is 3. The molecule has 2 aromatic carbocycles. The van der Waals surface area contributed by atoms with Crippen LogP contribution in [-0.2, 0) is 11.3 Å². The van der Waals surface area contributed by atoms with E-state index in [1.165, 1.54) is 11.8 Å². The number of amides is 1. The Balaban J connectivity index is 1.44. The SMILES string of the molecule is O=C(CSc1ncccc1-c1nc2ccccc2[nH]1)NCc1ccccc1. The first kappa shape index (κ1) is 17.3. The van der Waals surface area contributed by atoms with Crippen molar-refractivity contribution < 1.29 is 4.79 Å². The Kier molecular flexibility index (Phi) is 5.16. The molecular formula is C21H18N4OS. The van der Waals surface area contributed by atoms with E-state index in [0.29, 0.717) is 12.3 Å². The lowest BCUT2D eigenvalue weighted by Crippen LogP contribution is -2.24. The third-order valence-corrected chi connectivity index (χ3v) is 5.09. The largest absolute Gasteiger partial charge is 0.351 e. The Bertz CT molecular complexity index is 1030. The molecule has 0 saturated heterocycles. The van der Waals surface area contributed by atoms with Gasteiger partial charge in [0.25, 0.3) is 0 Å². The van der Waals surface area contributed by atoms with Gasteiger partial charge in [0.2, 0.25) is 5.91 Å². The van der Waals surface area contributed by atoms with E-state index in [-0.39, 0.29) is 5.91 Å². The Morgan fingerprint density at radius 3 is 2.67 bits per heavy atom. The number of aromatic amines is 1. The molecule has 6 heteroatoms. The van der Waals surface area contributed by atoms with E-state index >= 15 is 0 Å². The quantitative estimate of drug-likeness (QED) is 0.500. The van der Waals surface area contributed by atoms with Crippen molar-refractivity contribution in [2.24, 2.45) is 0 Å². The van der Waals surface area contributed by atoms with E-state index in [4.69, 9.17) is 0 Å². The fraction of sp³-hybridized carbons (Fsp3) is 0.0952. The first-order valence-electron chi connectivity index (χ1n) is 8.63. The van der Waals surface area contributed by atoms with Gasteiger partial charge in [-0.05, 0) is 29.8 Å². The van der Waals surface area contributed by atoms with Gasteiger partial charge in [0.15, 0.2) is 0 Å². The van der Waals surface area contributed by atoms with Crippen molar-refractivity contribution in [1.82, 2.24) is 20.3 Å². The van der Waals surface area contributed by atoms with Crippen LogP contribution in [0.5, 0.6) is 0 Å². The molecule has 0 bridgehead atoms. The fourth-order valence-corrected chi connectivity index (χ4v) is 3.57. The minimum Gasteiger partial charge on any atom is -0.351 e. The Morgan fingerprint density at radius 1 is 1.00 bits per heavy atom. The van der Waals surface area contributed by atoms with E-state index in [0.717, 1.165) is 33.0 Å². The third kappa shape index (κ3) is 4.17. The molecule has 4 rings (SSSR count). The minimum absolute atomic E-state index is 0.0231. The van der Waals surface area contributed by atoms with Crippen molar-refractivity contribution in [3.05, 3.63) is 78.5 Å². The van der Waals surface area contributed by atoms with Crippen LogP contribution in [0, 0.1) is 0 Å². The number of carbonyl (C=O) groups is 1. The number of nitrogens with zero attached hydrogens (tertiary/aromatic N) is 2. The molecule has 27 heavy (non-hydrogen) atoms. The molecule has 0 spiro atoms. The highest BCUT2D eigenvalue weighted by Gasteiger charge is 2.12. The molecule has 0 radical (unpaired) electrons. The van der Waals surface area contributed by atoms with Gasteiger partial charge in [-0.2, -0.15) is 0 Å². The number of para-hydroxylation sites is 2. The normalized spacial score (nSPS) is 10.8. The maximum Gasteiger partial charge on any atom is 0.230 e. The van der Waals surface area contributed by atoms with Gasteiger partial charge in [0.05, 0.1) is 16.8 Å². The lowest BCUT2D eigenvalue weighted by Gasteiger charge is -2.07. The highest BCUT2D eigenvalue weighted by atomic mass is 32.2. The summed E-state index contributed by atoms with van der Waals surface area (Å²) in [7, 11) is 0. The topological polar surface area (TPSA) is 70.7 Å². The lowest BCUT2D eigenvalue weighted by atomic mass is 10.2. The van der Waals surface area contributed by atoms with Crippen molar-refractivity contribution in [1.29, 1.82) is 0 Å². The van der Waals surface area contributed by atoms with Crippen LogP contribution in [0.15, 0.2) is 78.0 Å². The Morgan fingerprint density at radius 2 is 1.81 bits per heavy atom. The summed E-state index contributed by atoms with van der Waals surface area (Å²) >= 11 is 1.41. The molecule has 5 nitrogen and oxygen atoms in total. The number of thioether (sulfide) groups is 1. The van der Waals surface area contributed by atoms with Gasteiger partial charge in [0.1, 0.15) is 10.9 Å². The van der Waals surface area contributed by atoms with Gasteiger partial charge in [-0.15, -0.1) is 0 Å². The zero-order chi connectivity index (χ0) is 18.5. The van der Waals surface area contributed by atoms with Crippen molar-refractivity contribution in [2.45, 2.75) is 11.6 Å². The molecular weight excluding hydrogens is 356 g/mol. The number of rotatable bonds is 6. The standard InChI is InChI=1S/C21H18N4OS/c26-19(23-13-15-7-2-1-3-8-15)14-27-21-16(9-6-12-22-21)20-24-17-10-4-5-11-18(17)25-20/h1-12H,13-14H2,(H,23,26)(H,24,25). The molecule has 0 aliphatic heterocycles. The van der Waals surface area contributed by atoms with Crippen molar-refractivity contribution in [3.63, 3.8) is 0 Å². The molecule has 1 amide bonds. The van der Waals surface area contributed by atoms with Crippen molar-refractivity contribution >= 4 is 28.7 Å². The summed E-state index contributed by atoms with van der Waals surface area (Å²) in [5.41, 5.74) is 3.87. The third-order valence-electron chi connectivity index (χ3n) is 4.09. The highest BCUT2D eigenvalue weighted by Crippen LogP contribution is 2.29. The molecule has 0 unspecified atom stereocenters. The van der Waals surface area contributed by atoms with Crippen LogP contribution >= 0.6 is 11.8 Å². The molecule has 2 aromatic heterocycles. The molecule has 0 aliphatic rings. The van der Waals surface area contributed by atoms with Crippen LogP contribution in [0.2, 0.25) is 0 Å². The van der Waals surface area contributed by atoms with E-state index in [2.05, 4.69) is 20.3 Å². The average molecular weight is 374 g/mol. The predicted molar refractivity (Wildman–Crippen MR) is 108 cm³/mol. The first-order valence-corrected chi connectivity index (χ1v) is 9.62. The second-order valence-electron chi connectivity index (χ2n) is 6.01. The van der Waals surface area contributed by atoms with Crippen molar-refractivity contribution in [2.75, 3.05) is 5.75 Å². The summed E-state index contributed by atoms with van der Waals surface area (Å²) in [6.45, 7) is 0.527. The summed E-state index contributed by atoms with van der Waals surface area (Å²) in [6, 6.07) is 21.6. The number of carbonyl (C=O) groups excluding carboxylic acids is 1. The van der Waals surface area contributed by atoms with Gasteiger partial charge in [-0.3, -0.25) is 4.79 Å². The zero-order valence-corrected chi connectivity index (χ0v) is 15.4. The predicted octanol–water partition coefficient (Wildman–Crippen LogP) is 4.03. The summed E-state index contributed by atoms with van der Waals surface area (Å²) in [5.74, 6) is 1.04. The van der Waals surface area contributed by atoms with Gasteiger partial charge < -0.3 is 10.3 Å². The lowest BCUT2D eigenvalue weighted by molar-refractivity contribution is -0.118. The molecule has 2 heterocycles. The summed E-state index contributed by atoms with van der Waals surface area (Å²) < 4.78 is 0. The second-order valence-corrected chi connectivity index (χ2v) is 6.97. The Labute approximate surface area is 161 Å². The number of H-pyrrole nitrogens is 1. The smallest absolute Gasteiger partial charge is 0.230 e. The van der Waals surface area contributed by atoms with Crippen LogP contribution in [0.25, 0.3) is 22.4 Å². The summed E-state index contributed by atoms with van der Waals surface area (Å²) in [4.78, 5) is 24.6. The van der Waals surface area contributed by atoms with E-state index < -0.39 is 0 Å². The number of pyridine rings is 1. The highest BCUT2D eigenvalue weighted by molar-refractivity contribution is 8.00. The van der Waals surface area contributed by atoms with Crippen LogP contribution in [0.4, 0.5) is 0 Å². The van der Waals surface area contributed by atoms with Crippen molar-refractivity contribution in [3.8, 4) is 11.4 Å². The van der Waals surface area contributed by atoms with Gasteiger partial charge in [-0.1, -0.05) is 54.2 Å². The molecule has 134 valence electrons. The van der Waals surface area contributed by atoms with Gasteiger partial charge in [0, 0.05) is 18.3 Å². The maximum atomic E-state index is 12.2. The van der Waals surface area contributed by atoms with Crippen LogP contribution in [0.3, 0.4) is 0 Å². The molecule has 2 N–H and O–H groups in total. The molecule has 0 fully saturated rings. The summed E-state index contributed by atoms with van der Waals surface area (Å²) in [5, 5.41) is 3.72. The number of hydrogen-bond donors (Lipinski definition) is 2. The summed E-state index contributed by atoms with van der Waals surface area (Å²) in [6.07, 6.45) is 1.73. The van der Waals surface area contributed by atoms with Crippen LogP contribution < -0.4 is 5.32 Å². The monoisotopic (exact) mass is 374 g/mol. The number of benzene rings is 2. The average Bonchev–Trinajstić information content (AvgIpc) is 3.16. The first-order chi connectivity index (χ1) is 13.3. The molecule has 0 atom stereocenters.